The molecule has 2 aliphatic heterocycles. The van der Waals surface area contributed by atoms with Crippen LogP contribution in [0.25, 0.3) is 0 Å². The zero-order valence-electron chi connectivity index (χ0n) is 18.1. The summed E-state index contributed by atoms with van der Waals surface area (Å²) in [6.07, 6.45) is 4.53. The van der Waals surface area contributed by atoms with Gasteiger partial charge in [0, 0.05) is 30.6 Å². The maximum atomic E-state index is 5.72. The van der Waals surface area contributed by atoms with E-state index in [1.165, 1.54) is 17.5 Å². The Hall–Kier alpha value is -2.31. The van der Waals surface area contributed by atoms with Crippen molar-refractivity contribution < 1.29 is 9.47 Å². The predicted octanol–water partition coefficient (Wildman–Crippen LogP) is 3.96. The lowest BCUT2D eigenvalue weighted by Gasteiger charge is -2.45. The third kappa shape index (κ3) is 3.99. The fourth-order valence-corrected chi connectivity index (χ4v) is 6.03. The number of rotatable bonds is 5. The number of hydrogen-bond acceptors (Lipinski definition) is 4. The third-order valence-corrected chi connectivity index (χ3v) is 7.48. The van der Waals surface area contributed by atoms with Crippen LogP contribution in [0.4, 0.5) is 0 Å². The lowest BCUT2D eigenvalue weighted by atomic mass is 9.65. The first-order valence-corrected chi connectivity index (χ1v) is 11.8. The molecule has 2 aromatic carbocycles. The highest BCUT2D eigenvalue weighted by molar-refractivity contribution is 7.80. The minimum Gasteiger partial charge on any atom is -0.454 e. The highest BCUT2D eigenvalue weighted by Crippen LogP contribution is 2.51. The van der Waals surface area contributed by atoms with Gasteiger partial charge in [0.2, 0.25) is 6.79 Å². The highest BCUT2D eigenvalue weighted by Gasteiger charge is 2.51. The molecule has 0 amide bonds. The van der Waals surface area contributed by atoms with Gasteiger partial charge in [0.1, 0.15) is 0 Å². The average molecular weight is 438 g/mol. The van der Waals surface area contributed by atoms with Gasteiger partial charge >= 0.3 is 0 Å². The van der Waals surface area contributed by atoms with Crippen molar-refractivity contribution in [3.63, 3.8) is 0 Å². The molecule has 3 aliphatic rings. The summed E-state index contributed by atoms with van der Waals surface area (Å²) < 4.78 is 11.3. The van der Waals surface area contributed by atoms with Crippen LogP contribution in [-0.4, -0.2) is 42.0 Å². The van der Waals surface area contributed by atoms with Crippen LogP contribution in [0.5, 0.6) is 11.5 Å². The van der Waals surface area contributed by atoms with Crippen molar-refractivity contribution in [2.75, 3.05) is 19.9 Å². The SMILES string of the molecule is CCNC(=S)NC1CCC2(c3ccc4c(c3)OCO4)CCN(Cc3ccccc3)C2C1. The van der Waals surface area contributed by atoms with Gasteiger partial charge in [-0.25, -0.2) is 0 Å². The van der Waals surface area contributed by atoms with Crippen LogP contribution < -0.4 is 20.1 Å². The van der Waals surface area contributed by atoms with E-state index in [2.05, 4.69) is 71.0 Å². The van der Waals surface area contributed by atoms with E-state index >= 15 is 0 Å². The Kier molecular flexibility index (Phi) is 5.76. The summed E-state index contributed by atoms with van der Waals surface area (Å²) in [5.41, 5.74) is 2.92. The van der Waals surface area contributed by atoms with Crippen molar-refractivity contribution in [1.82, 2.24) is 15.5 Å². The van der Waals surface area contributed by atoms with Crippen LogP contribution >= 0.6 is 12.2 Å². The van der Waals surface area contributed by atoms with Gasteiger partial charge in [-0.3, -0.25) is 4.90 Å². The molecule has 0 spiro atoms. The summed E-state index contributed by atoms with van der Waals surface area (Å²) in [5.74, 6) is 1.75. The van der Waals surface area contributed by atoms with Crippen LogP contribution in [0.15, 0.2) is 48.5 Å². The quantitative estimate of drug-likeness (QED) is 0.691. The van der Waals surface area contributed by atoms with Crippen LogP contribution in [0.1, 0.15) is 43.7 Å². The van der Waals surface area contributed by atoms with Crippen molar-refractivity contribution in [3.8, 4) is 11.5 Å². The topological polar surface area (TPSA) is 45.8 Å². The summed E-state index contributed by atoms with van der Waals surface area (Å²) in [6.45, 7) is 5.35. The number of nitrogens with one attached hydrogen (secondary N) is 2. The number of likely N-dealkylation sites (tertiary alicyclic amines) is 1. The molecule has 2 aromatic rings. The average Bonchev–Trinajstić information content (AvgIpc) is 3.40. The number of benzene rings is 2. The lowest BCUT2D eigenvalue weighted by Crippen LogP contribution is -2.53. The summed E-state index contributed by atoms with van der Waals surface area (Å²) in [6, 6.07) is 18.3. The van der Waals surface area contributed by atoms with E-state index in [9.17, 15) is 0 Å². The maximum Gasteiger partial charge on any atom is 0.231 e. The van der Waals surface area contributed by atoms with Gasteiger partial charge in [0.25, 0.3) is 0 Å². The predicted molar refractivity (Wildman–Crippen MR) is 127 cm³/mol. The van der Waals surface area contributed by atoms with Gasteiger partial charge in [0.05, 0.1) is 0 Å². The van der Waals surface area contributed by atoms with Gasteiger partial charge < -0.3 is 20.1 Å². The number of ether oxygens (including phenoxy) is 2. The molecule has 0 aromatic heterocycles. The molecule has 1 saturated heterocycles. The summed E-state index contributed by atoms with van der Waals surface area (Å²) in [7, 11) is 0. The molecule has 3 atom stereocenters. The van der Waals surface area contributed by atoms with Crippen molar-refractivity contribution in [1.29, 1.82) is 0 Å². The fourth-order valence-electron chi connectivity index (χ4n) is 5.72. The molecule has 2 fully saturated rings. The molecule has 1 aliphatic carbocycles. The smallest absolute Gasteiger partial charge is 0.231 e. The second-order valence-corrected chi connectivity index (χ2v) is 9.33. The Labute approximate surface area is 190 Å². The summed E-state index contributed by atoms with van der Waals surface area (Å²) >= 11 is 5.50. The number of thiocarbonyl (C=S) groups is 1. The molecular weight excluding hydrogens is 406 g/mol. The molecule has 6 heteroatoms. The number of fused-ring (bicyclic) bond motifs is 2. The molecule has 0 radical (unpaired) electrons. The van der Waals surface area contributed by atoms with Crippen LogP contribution in [0, 0.1) is 0 Å². The monoisotopic (exact) mass is 437 g/mol. The summed E-state index contributed by atoms with van der Waals surface area (Å²) in [4.78, 5) is 2.68. The molecule has 2 heterocycles. The fraction of sp³-hybridized carbons (Fsp3) is 0.480. The largest absolute Gasteiger partial charge is 0.454 e. The third-order valence-electron chi connectivity index (χ3n) is 7.22. The van der Waals surface area contributed by atoms with Crippen molar-refractivity contribution in [3.05, 3.63) is 59.7 Å². The van der Waals surface area contributed by atoms with E-state index in [1.807, 2.05) is 0 Å². The first-order chi connectivity index (χ1) is 15.2. The molecule has 5 nitrogen and oxygen atoms in total. The standard InChI is InChI=1S/C25H31N3O2S/c1-2-26-24(31)27-20-10-11-25(19-8-9-21-22(14-19)30-17-29-21)12-13-28(23(25)15-20)16-18-6-4-3-5-7-18/h3-9,14,20,23H,2,10-13,15-17H2,1H3,(H2,26,27,31). The Morgan fingerprint density at radius 3 is 2.81 bits per heavy atom. The van der Waals surface area contributed by atoms with Gasteiger partial charge in [-0.1, -0.05) is 36.4 Å². The molecule has 0 bridgehead atoms. The van der Waals surface area contributed by atoms with E-state index < -0.39 is 0 Å². The first kappa shape index (κ1) is 20.6. The van der Waals surface area contributed by atoms with Crippen molar-refractivity contribution in [2.24, 2.45) is 0 Å². The maximum absolute atomic E-state index is 5.72. The van der Waals surface area contributed by atoms with Gasteiger partial charge in [-0.2, -0.15) is 0 Å². The molecule has 31 heavy (non-hydrogen) atoms. The normalized spacial score (nSPS) is 27.0. The van der Waals surface area contributed by atoms with Gasteiger partial charge in [-0.15, -0.1) is 0 Å². The van der Waals surface area contributed by atoms with Crippen molar-refractivity contribution >= 4 is 17.3 Å². The Morgan fingerprint density at radius 1 is 1.13 bits per heavy atom. The minimum atomic E-state index is 0.147. The summed E-state index contributed by atoms with van der Waals surface area (Å²) in [5, 5.41) is 7.60. The second kappa shape index (κ2) is 8.67. The van der Waals surface area contributed by atoms with E-state index in [4.69, 9.17) is 21.7 Å². The molecule has 164 valence electrons. The van der Waals surface area contributed by atoms with Crippen molar-refractivity contribution in [2.45, 2.75) is 56.7 Å². The second-order valence-electron chi connectivity index (χ2n) is 8.92. The Bertz CT molecular complexity index is 938. The van der Waals surface area contributed by atoms with E-state index in [1.54, 1.807) is 0 Å². The Morgan fingerprint density at radius 2 is 1.97 bits per heavy atom. The van der Waals surface area contributed by atoms with Crippen LogP contribution in [0.3, 0.4) is 0 Å². The van der Waals surface area contributed by atoms with E-state index in [-0.39, 0.29) is 5.41 Å². The Balaban J connectivity index is 1.43. The molecular formula is C25H31N3O2S. The lowest BCUT2D eigenvalue weighted by molar-refractivity contribution is 0.134. The molecule has 3 unspecified atom stereocenters. The van der Waals surface area contributed by atoms with E-state index in [0.29, 0.717) is 18.9 Å². The van der Waals surface area contributed by atoms with E-state index in [0.717, 1.165) is 55.5 Å². The molecule has 1 saturated carbocycles. The molecule has 2 N–H and O–H groups in total. The number of hydrogen-bond donors (Lipinski definition) is 2. The minimum absolute atomic E-state index is 0.147. The number of nitrogens with zero attached hydrogens (tertiary/aromatic N) is 1. The zero-order chi connectivity index (χ0) is 21.3. The zero-order valence-corrected chi connectivity index (χ0v) is 18.9. The molecule has 5 rings (SSSR count). The van der Waals surface area contributed by atoms with Crippen LogP contribution in [0.2, 0.25) is 0 Å². The first-order valence-electron chi connectivity index (χ1n) is 11.4. The van der Waals surface area contributed by atoms with Gasteiger partial charge in [-0.05, 0) is 74.6 Å². The highest BCUT2D eigenvalue weighted by atomic mass is 32.1. The van der Waals surface area contributed by atoms with Gasteiger partial charge in [0.15, 0.2) is 16.6 Å². The van der Waals surface area contributed by atoms with Crippen LogP contribution in [-0.2, 0) is 12.0 Å².